The third-order valence-electron chi connectivity index (χ3n) is 2.50. The van der Waals surface area contributed by atoms with Crippen LogP contribution in [-0.2, 0) is 0 Å². The van der Waals surface area contributed by atoms with Gasteiger partial charge in [0.15, 0.2) is 16.2 Å². The molecular formula is C12H8BrN3O2. The number of amides is 1. The highest BCUT2D eigenvalue weighted by atomic mass is 79.9. The van der Waals surface area contributed by atoms with Crippen LogP contribution in [0.2, 0.25) is 0 Å². The highest BCUT2D eigenvalue weighted by Crippen LogP contribution is 2.21. The Morgan fingerprint density at radius 3 is 2.89 bits per heavy atom. The van der Waals surface area contributed by atoms with Crippen molar-refractivity contribution in [1.29, 1.82) is 0 Å². The smallest absolute Gasteiger partial charge is 0.292 e. The maximum Gasteiger partial charge on any atom is 0.292 e. The van der Waals surface area contributed by atoms with Crippen molar-refractivity contribution in [3.63, 3.8) is 0 Å². The quantitative estimate of drug-likeness (QED) is 0.764. The van der Waals surface area contributed by atoms with Crippen LogP contribution in [0.3, 0.4) is 0 Å². The minimum absolute atomic E-state index is 0.231. The standard InChI is InChI=1S/C12H8BrN3O2/c13-10-6-5-9(18-10)12(17)14-11-7-3-1-2-4-8(7)15-16-11/h1-6H,(H2,14,15,16,17). The lowest BCUT2D eigenvalue weighted by molar-refractivity contribution is 0.0995. The summed E-state index contributed by atoms with van der Waals surface area (Å²) < 4.78 is 5.69. The van der Waals surface area contributed by atoms with Crippen LogP contribution in [0.25, 0.3) is 10.9 Å². The second-order valence-corrected chi connectivity index (χ2v) is 4.46. The SMILES string of the molecule is O=C(Nc1n[nH]c2ccccc12)c1ccc(Br)o1. The number of aromatic amines is 1. The number of furan rings is 1. The summed E-state index contributed by atoms with van der Waals surface area (Å²) in [5.74, 6) is 0.384. The molecule has 0 atom stereocenters. The Morgan fingerprint density at radius 1 is 1.28 bits per heavy atom. The highest BCUT2D eigenvalue weighted by molar-refractivity contribution is 9.10. The number of aromatic nitrogens is 2. The van der Waals surface area contributed by atoms with Crippen LogP contribution in [0.5, 0.6) is 0 Å². The molecule has 0 unspecified atom stereocenters. The Morgan fingerprint density at radius 2 is 2.11 bits per heavy atom. The van der Waals surface area contributed by atoms with E-state index in [-0.39, 0.29) is 11.7 Å². The van der Waals surface area contributed by atoms with Crippen molar-refractivity contribution < 1.29 is 9.21 Å². The van der Waals surface area contributed by atoms with Crippen molar-refractivity contribution >= 4 is 38.6 Å². The van der Waals surface area contributed by atoms with Gasteiger partial charge < -0.3 is 9.73 Å². The molecule has 0 aliphatic carbocycles. The number of nitrogens with one attached hydrogen (secondary N) is 2. The minimum Gasteiger partial charge on any atom is -0.444 e. The van der Waals surface area contributed by atoms with Crippen molar-refractivity contribution in [1.82, 2.24) is 10.2 Å². The molecule has 0 spiro atoms. The van der Waals surface area contributed by atoms with Gasteiger partial charge in [0, 0.05) is 5.39 Å². The highest BCUT2D eigenvalue weighted by Gasteiger charge is 2.13. The molecule has 2 N–H and O–H groups in total. The number of H-pyrrole nitrogens is 1. The first kappa shape index (κ1) is 11.0. The number of carbonyl (C=O) groups excluding carboxylic acids is 1. The second-order valence-electron chi connectivity index (χ2n) is 3.68. The van der Waals surface area contributed by atoms with E-state index in [0.717, 1.165) is 10.9 Å². The van der Waals surface area contributed by atoms with E-state index in [0.29, 0.717) is 10.5 Å². The molecule has 2 aromatic heterocycles. The number of benzene rings is 1. The Bertz CT molecular complexity index is 717. The third-order valence-corrected chi connectivity index (χ3v) is 2.93. The number of hydrogen-bond donors (Lipinski definition) is 2. The van der Waals surface area contributed by atoms with Crippen LogP contribution in [0.15, 0.2) is 45.5 Å². The van der Waals surface area contributed by atoms with E-state index < -0.39 is 0 Å². The van der Waals surface area contributed by atoms with Gasteiger partial charge in [-0.1, -0.05) is 12.1 Å². The summed E-state index contributed by atoms with van der Waals surface area (Å²) in [5.41, 5.74) is 0.869. The molecule has 0 radical (unpaired) electrons. The Kier molecular flexibility index (Phi) is 2.64. The van der Waals surface area contributed by atoms with Crippen LogP contribution >= 0.6 is 15.9 Å². The van der Waals surface area contributed by atoms with Gasteiger partial charge >= 0.3 is 0 Å². The average molecular weight is 306 g/mol. The molecule has 18 heavy (non-hydrogen) atoms. The van der Waals surface area contributed by atoms with Gasteiger partial charge in [0.2, 0.25) is 0 Å². The maximum atomic E-state index is 11.9. The van der Waals surface area contributed by atoms with Gasteiger partial charge in [0.05, 0.1) is 5.52 Å². The molecule has 5 nitrogen and oxygen atoms in total. The summed E-state index contributed by atoms with van der Waals surface area (Å²) in [5, 5.41) is 10.5. The first-order chi connectivity index (χ1) is 8.74. The predicted molar refractivity (Wildman–Crippen MR) is 70.5 cm³/mol. The largest absolute Gasteiger partial charge is 0.444 e. The van der Waals surface area contributed by atoms with Crippen LogP contribution in [0, 0.1) is 0 Å². The van der Waals surface area contributed by atoms with E-state index in [4.69, 9.17) is 4.42 Å². The van der Waals surface area contributed by atoms with Gasteiger partial charge in [-0.3, -0.25) is 9.89 Å². The van der Waals surface area contributed by atoms with Crippen LogP contribution in [0.1, 0.15) is 10.6 Å². The summed E-state index contributed by atoms with van der Waals surface area (Å²) in [7, 11) is 0. The van der Waals surface area contributed by atoms with Gasteiger partial charge in [0.1, 0.15) is 0 Å². The summed E-state index contributed by atoms with van der Waals surface area (Å²) in [6.45, 7) is 0. The Hall–Kier alpha value is -2.08. The summed E-state index contributed by atoms with van der Waals surface area (Å²) in [4.78, 5) is 11.9. The van der Waals surface area contributed by atoms with E-state index in [1.54, 1.807) is 12.1 Å². The lowest BCUT2D eigenvalue weighted by Gasteiger charge is -1.99. The zero-order valence-electron chi connectivity index (χ0n) is 9.11. The molecule has 1 aromatic carbocycles. The third kappa shape index (κ3) is 1.91. The van der Waals surface area contributed by atoms with Crippen molar-refractivity contribution in [3.8, 4) is 0 Å². The predicted octanol–water partition coefficient (Wildman–Crippen LogP) is 3.17. The molecule has 0 saturated heterocycles. The molecule has 3 aromatic rings. The zero-order chi connectivity index (χ0) is 12.5. The number of hydrogen-bond acceptors (Lipinski definition) is 3. The fourth-order valence-corrected chi connectivity index (χ4v) is 1.97. The van der Waals surface area contributed by atoms with E-state index >= 15 is 0 Å². The fraction of sp³-hybridized carbons (Fsp3) is 0. The summed E-state index contributed by atoms with van der Waals surface area (Å²) >= 11 is 3.15. The topological polar surface area (TPSA) is 70.9 Å². The van der Waals surface area contributed by atoms with Crippen molar-refractivity contribution in [3.05, 3.63) is 46.8 Å². The molecule has 1 amide bonds. The molecule has 0 fully saturated rings. The van der Waals surface area contributed by atoms with Crippen LogP contribution < -0.4 is 5.32 Å². The molecule has 0 aliphatic rings. The first-order valence-electron chi connectivity index (χ1n) is 5.24. The Balaban J connectivity index is 1.90. The summed E-state index contributed by atoms with van der Waals surface area (Å²) in [6, 6.07) is 10.8. The van der Waals surface area contributed by atoms with E-state index in [2.05, 4.69) is 31.4 Å². The van der Waals surface area contributed by atoms with E-state index in [1.165, 1.54) is 0 Å². The molecule has 2 heterocycles. The van der Waals surface area contributed by atoms with Crippen molar-refractivity contribution in [2.24, 2.45) is 0 Å². The molecule has 3 rings (SSSR count). The number of para-hydroxylation sites is 1. The number of rotatable bonds is 2. The zero-order valence-corrected chi connectivity index (χ0v) is 10.7. The molecule has 0 aliphatic heterocycles. The van der Waals surface area contributed by atoms with Gasteiger partial charge in [-0.05, 0) is 40.2 Å². The number of nitrogens with zero attached hydrogens (tertiary/aromatic N) is 1. The average Bonchev–Trinajstić information content (AvgIpc) is 2.97. The van der Waals surface area contributed by atoms with Crippen molar-refractivity contribution in [2.75, 3.05) is 5.32 Å². The number of halogens is 1. The van der Waals surface area contributed by atoms with E-state index in [9.17, 15) is 4.79 Å². The molecule has 6 heteroatoms. The monoisotopic (exact) mass is 305 g/mol. The normalized spacial score (nSPS) is 10.7. The van der Waals surface area contributed by atoms with E-state index in [1.807, 2.05) is 24.3 Å². The van der Waals surface area contributed by atoms with Gasteiger partial charge in [-0.25, -0.2) is 0 Å². The molecule has 0 saturated carbocycles. The second kappa shape index (κ2) is 4.30. The summed E-state index contributed by atoms with van der Waals surface area (Å²) in [6.07, 6.45) is 0. The lowest BCUT2D eigenvalue weighted by Crippen LogP contribution is -2.11. The van der Waals surface area contributed by atoms with Crippen LogP contribution in [-0.4, -0.2) is 16.1 Å². The molecule has 0 bridgehead atoms. The van der Waals surface area contributed by atoms with Gasteiger partial charge in [0.25, 0.3) is 5.91 Å². The number of anilines is 1. The van der Waals surface area contributed by atoms with Gasteiger partial charge in [-0.2, -0.15) is 5.10 Å². The number of carbonyl (C=O) groups is 1. The van der Waals surface area contributed by atoms with Crippen LogP contribution in [0.4, 0.5) is 5.82 Å². The Labute approximate surface area is 110 Å². The first-order valence-corrected chi connectivity index (χ1v) is 6.03. The van der Waals surface area contributed by atoms with Crippen molar-refractivity contribution in [2.45, 2.75) is 0 Å². The number of fused-ring (bicyclic) bond motifs is 1. The lowest BCUT2D eigenvalue weighted by atomic mass is 10.2. The molecular weight excluding hydrogens is 298 g/mol. The maximum absolute atomic E-state index is 11.9. The minimum atomic E-state index is -0.335. The van der Waals surface area contributed by atoms with Gasteiger partial charge in [-0.15, -0.1) is 0 Å². The fourth-order valence-electron chi connectivity index (χ4n) is 1.66. The molecule has 90 valence electrons.